The van der Waals surface area contributed by atoms with Gasteiger partial charge in [-0.3, -0.25) is 4.68 Å². The van der Waals surface area contributed by atoms with Crippen molar-refractivity contribution in [2.24, 2.45) is 0 Å². The molecule has 2 aromatic heterocycles. The van der Waals surface area contributed by atoms with Gasteiger partial charge in [0.25, 0.3) is 0 Å². The summed E-state index contributed by atoms with van der Waals surface area (Å²) in [5, 5.41) is 21.6. The van der Waals surface area contributed by atoms with Gasteiger partial charge in [-0.15, -0.1) is 5.10 Å². The van der Waals surface area contributed by atoms with Crippen LogP contribution in [-0.2, 0) is 23.4 Å². The van der Waals surface area contributed by atoms with Crippen LogP contribution in [0.3, 0.4) is 0 Å². The Morgan fingerprint density at radius 1 is 0.720 bits per heavy atom. The van der Waals surface area contributed by atoms with Crippen molar-refractivity contribution >= 4 is 11.8 Å². The Labute approximate surface area is 291 Å². The molecule has 50 heavy (non-hydrogen) atoms. The Morgan fingerprint density at radius 3 is 1.84 bits per heavy atom. The lowest BCUT2D eigenvalue weighted by molar-refractivity contribution is 0.0527. The van der Waals surface area contributed by atoms with Gasteiger partial charge in [0, 0.05) is 24.8 Å². The zero-order valence-corrected chi connectivity index (χ0v) is 28.0. The van der Waals surface area contributed by atoms with E-state index in [-0.39, 0.29) is 5.97 Å². The van der Waals surface area contributed by atoms with E-state index < -0.39 is 5.54 Å². The van der Waals surface area contributed by atoms with Gasteiger partial charge in [-0.2, -0.15) is 5.10 Å². The van der Waals surface area contributed by atoms with E-state index in [0.29, 0.717) is 36.9 Å². The van der Waals surface area contributed by atoms with Crippen molar-refractivity contribution in [3.63, 3.8) is 0 Å². The summed E-state index contributed by atoms with van der Waals surface area (Å²) >= 11 is 0. The Hall–Kier alpha value is -6.35. The molecule has 7 rings (SSSR count). The summed E-state index contributed by atoms with van der Waals surface area (Å²) < 4.78 is 8.93. The monoisotopic (exact) mass is 659 g/mol. The Morgan fingerprint density at radius 2 is 1.28 bits per heavy atom. The summed E-state index contributed by atoms with van der Waals surface area (Å²) in [7, 11) is 0. The van der Waals surface area contributed by atoms with E-state index >= 15 is 0 Å². The molecule has 0 fully saturated rings. The van der Waals surface area contributed by atoms with E-state index in [1.807, 2.05) is 41.9 Å². The zero-order chi connectivity index (χ0) is 34.3. The molecule has 0 aliphatic rings. The van der Waals surface area contributed by atoms with Crippen LogP contribution in [0.25, 0.3) is 22.5 Å². The first-order chi connectivity index (χ1) is 24.6. The van der Waals surface area contributed by atoms with Crippen molar-refractivity contribution in [3.8, 4) is 22.5 Å². The van der Waals surface area contributed by atoms with E-state index in [1.54, 1.807) is 17.8 Å². The number of hydrogen-bond acceptors (Lipinski definition) is 7. The zero-order valence-electron chi connectivity index (χ0n) is 28.0. The number of nitrogens with zero attached hydrogens (tertiary/aromatic N) is 6. The van der Waals surface area contributed by atoms with Gasteiger partial charge in [0.05, 0.1) is 6.61 Å². The Kier molecular flexibility index (Phi) is 9.28. The molecule has 0 saturated carbocycles. The summed E-state index contributed by atoms with van der Waals surface area (Å²) in [5.41, 5.74) is 6.63. The van der Waals surface area contributed by atoms with Crippen LogP contribution in [-0.4, -0.2) is 42.6 Å². The highest BCUT2D eigenvalue weighted by molar-refractivity contribution is 5.94. The van der Waals surface area contributed by atoms with E-state index in [1.165, 1.54) is 0 Å². The third-order valence-electron chi connectivity index (χ3n) is 8.84. The molecule has 9 heteroatoms. The van der Waals surface area contributed by atoms with Crippen LogP contribution in [0.4, 0.5) is 5.82 Å². The number of aromatic nitrogens is 6. The predicted octanol–water partition coefficient (Wildman–Crippen LogP) is 7.85. The molecule has 0 aliphatic carbocycles. The second-order valence-electron chi connectivity index (χ2n) is 11.8. The normalized spacial score (nSPS) is 11.3. The number of ether oxygens (including phenoxy) is 1. The fourth-order valence-corrected chi connectivity index (χ4v) is 6.48. The molecule has 0 aliphatic heterocycles. The number of hydrogen-bond donors (Lipinski definition) is 1. The summed E-state index contributed by atoms with van der Waals surface area (Å²) in [6.07, 6.45) is 1.72. The molecule has 0 saturated heterocycles. The average Bonchev–Trinajstić information content (AvgIpc) is 3.84. The average molecular weight is 660 g/mol. The molecule has 1 N–H and O–H groups in total. The van der Waals surface area contributed by atoms with Gasteiger partial charge in [0.15, 0.2) is 11.6 Å². The molecule has 0 bridgehead atoms. The highest BCUT2D eigenvalue weighted by Crippen LogP contribution is 2.43. The van der Waals surface area contributed by atoms with Gasteiger partial charge in [0.2, 0.25) is 0 Å². The second kappa shape index (κ2) is 14.4. The van der Waals surface area contributed by atoms with Crippen molar-refractivity contribution in [2.45, 2.75) is 32.5 Å². The molecule has 7 aromatic rings. The summed E-state index contributed by atoms with van der Waals surface area (Å²) in [6.45, 7) is 5.21. The molecule has 2 heterocycles. The first kappa shape index (κ1) is 32.2. The van der Waals surface area contributed by atoms with Crippen LogP contribution in [0.1, 0.15) is 46.5 Å². The first-order valence-corrected chi connectivity index (χ1v) is 16.8. The molecule has 9 nitrogen and oxygen atoms in total. The van der Waals surface area contributed by atoms with Crippen LogP contribution in [0, 0.1) is 0 Å². The number of carbonyl (C=O) groups excluding carboxylic acids is 1. The molecule has 0 atom stereocenters. The van der Waals surface area contributed by atoms with Gasteiger partial charge in [-0.25, -0.2) is 9.48 Å². The third kappa shape index (κ3) is 6.05. The molecular weight excluding hydrogens is 622 g/mol. The van der Waals surface area contributed by atoms with Gasteiger partial charge in [0.1, 0.15) is 11.1 Å². The number of aryl methyl sites for hydroxylation is 1. The molecule has 0 amide bonds. The Balaban J connectivity index is 1.27. The quantitative estimate of drug-likeness (QED) is 0.105. The molecule has 5 aromatic carbocycles. The highest BCUT2D eigenvalue weighted by atomic mass is 16.5. The summed E-state index contributed by atoms with van der Waals surface area (Å²) in [4.78, 5) is 12.5. The van der Waals surface area contributed by atoms with Gasteiger partial charge in [-0.1, -0.05) is 140 Å². The molecule has 248 valence electrons. The van der Waals surface area contributed by atoms with Gasteiger partial charge < -0.3 is 10.1 Å². The lowest BCUT2D eigenvalue weighted by Gasteiger charge is -2.36. The molecule has 0 radical (unpaired) electrons. The van der Waals surface area contributed by atoms with E-state index in [0.717, 1.165) is 38.9 Å². The number of esters is 1. The van der Waals surface area contributed by atoms with Crippen molar-refractivity contribution in [2.75, 3.05) is 11.9 Å². The maximum Gasteiger partial charge on any atom is 0.343 e. The van der Waals surface area contributed by atoms with Crippen molar-refractivity contribution in [1.29, 1.82) is 0 Å². The van der Waals surface area contributed by atoms with Crippen LogP contribution in [0.2, 0.25) is 0 Å². The third-order valence-corrected chi connectivity index (χ3v) is 8.84. The number of tetrazole rings is 1. The summed E-state index contributed by atoms with van der Waals surface area (Å²) in [6, 6.07) is 47.7. The van der Waals surface area contributed by atoms with Crippen LogP contribution < -0.4 is 5.32 Å². The Bertz CT molecular complexity index is 2080. The lowest BCUT2D eigenvalue weighted by Crippen LogP contribution is -2.39. The smallest absolute Gasteiger partial charge is 0.343 e. The van der Waals surface area contributed by atoms with E-state index in [9.17, 15) is 4.79 Å². The van der Waals surface area contributed by atoms with Crippen molar-refractivity contribution in [1.82, 2.24) is 30.0 Å². The minimum atomic E-state index is -0.863. The standard InChI is InChI=1S/C41H37N7O2/c1-3-47-29-37(40(49)50-4-2)38(44-47)42-28-30-24-26-31(27-25-30)35-22-14-15-23-36(35)39-43-45-46-48(39)41(32-16-8-5-9-17-32,33-18-10-6-11-19-33)34-20-12-7-13-21-34/h5-27,29H,3-4,28H2,1-2H3,(H,42,44). The number of nitrogens with one attached hydrogen (secondary N) is 1. The maximum absolute atomic E-state index is 12.5. The molecule has 0 unspecified atom stereocenters. The second-order valence-corrected chi connectivity index (χ2v) is 11.8. The van der Waals surface area contributed by atoms with Gasteiger partial charge in [-0.05, 0) is 57.7 Å². The summed E-state index contributed by atoms with van der Waals surface area (Å²) in [5.74, 6) is 0.756. The maximum atomic E-state index is 12.5. The fourth-order valence-electron chi connectivity index (χ4n) is 6.48. The fraction of sp³-hybridized carbons (Fsp3) is 0.146. The van der Waals surface area contributed by atoms with Crippen molar-refractivity contribution < 1.29 is 9.53 Å². The topological polar surface area (TPSA) is 99.8 Å². The number of benzene rings is 5. The minimum Gasteiger partial charge on any atom is -0.462 e. The van der Waals surface area contributed by atoms with Crippen LogP contribution in [0.15, 0.2) is 146 Å². The number of rotatable bonds is 12. The minimum absolute atomic E-state index is 0.302. The van der Waals surface area contributed by atoms with Crippen molar-refractivity contribution in [3.05, 3.63) is 174 Å². The van der Waals surface area contributed by atoms with Crippen LogP contribution >= 0.6 is 0 Å². The van der Waals surface area contributed by atoms with Crippen LogP contribution in [0.5, 0.6) is 0 Å². The van der Waals surface area contributed by atoms with Gasteiger partial charge >= 0.3 is 5.97 Å². The first-order valence-electron chi connectivity index (χ1n) is 16.8. The van der Waals surface area contributed by atoms with E-state index in [4.69, 9.17) is 9.95 Å². The molecular formula is C41H37N7O2. The number of carbonyl (C=O) groups is 1. The largest absolute Gasteiger partial charge is 0.462 e. The molecule has 0 spiro atoms. The number of anilines is 1. The predicted molar refractivity (Wildman–Crippen MR) is 194 cm³/mol. The highest BCUT2D eigenvalue weighted by Gasteiger charge is 2.42. The van der Waals surface area contributed by atoms with E-state index in [2.05, 4.69) is 130 Å². The SMILES string of the molecule is CCOC(=O)c1cn(CC)nc1NCc1ccc(-c2ccccc2-c2nnnn2C(c2ccccc2)(c2ccccc2)c2ccccc2)cc1. The lowest BCUT2D eigenvalue weighted by atomic mass is 9.77.